The van der Waals surface area contributed by atoms with Crippen molar-refractivity contribution in [2.24, 2.45) is 0 Å². The van der Waals surface area contributed by atoms with Crippen LogP contribution in [0.25, 0.3) is 4.85 Å². The molecule has 1 fully saturated rings. The van der Waals surface area contributed by atoms with Crippen LogP contribution in [0.1, 0.15) is 41.0 Å². The fraction of sp³-hybridized carbons (Fsp3) is 0.308. The van der Waals surface area contributed by atoms with Crippen LogP contribution < -0.4 is 15.4 Å². The second kappa shape index (κ2) is 17.1. The molecule has 1 heterocycles. The summed E-state index contributed by atoms with van der Waals surface area (Å²) in [7, 11) is 1.31. The number of ether oxygens (including phenoxy) is 3. The Bertz CT molecular complexity index is 1580. The molecule has 47 heavy (non-hydrogen) atoms. The average Bonchev–Trinajstić information content (AvgIpc) is 3.12. The van der Waals surface area contributed by atoms with Crippen LogP contribution in [0.5, 0.6) is 5.75 Å². The predicted molar refractivity (Wildman–Crippen MR) is 182 cm³/mol. The zero-order chi connectivity index (χ0) is 32.8. The first-order valence-electron chi connectivity index (χ1n) is 16.0. The van der Waals surface area contributed by atoms with Crippen molar-refractivity contribution in [3.05, 3.63) is 143 Å². The number of rotatable bonds is 14. The summed E-state index contributed by atoms with van der Waals surface area (Å²) in [5.74, 6) is 0.253. The maximum atomic E-state index is 14.2. The Morgan fingerprint density at radius 1 is 0.851 bits per heavy atom. The Kier molecular flexibility index (Phi) is 12.1. The van der Waals surface area contributed by atoms with Crippen LogP contribution in [0.3, 0.4) is 0 Å². The standard InChI is InChI=1S/C39H41N3O5/c1-40-32-18-21-33(22-19-32)46-24-23-35-27-41-26-34(47-35)20-17-28-11-9-10-16-31(28)25-36(43)38(42-39(44)45-2)37(29-12-5-3-6-13-29)30-14-7-4-8-15-30/h3-16,18-19,21-22,34-35,37-38,41H,17,20,23-27H2,2H3,(H,42,44)/t34-,35-,38-/m1/s1. The molecule has 242 valence electrons. The van der Waals surface area contributed by atoms with Crippen molar-refractivity contribution >= 4 is 17.6 Å². The van der Waals surface area contributed by atoms with E-state index < -0.39 is 18.1 Å². The third-order valence-electron chi connectivity index (χ3n) is 8.48. The number of hydrogen-bond acceptors (Lipinski definition) is 6. The van der Waals surface area contributed by atoms with E-state index in [1.54, 1.807) is 12.1 Å². The molecule has 4 aromatic rings. The molecule has 1 amide bonds. The number of amides is 1. The van der Waals surface area contributed by atoms with Crippen molar-refractivity contribution in [3.63, 3.8) is 0 Å². The number of alkyl carbamates (subject to hydrolysis) is 1. The van der Waals surface area contributed by atoms with Gasteiger partial charge in [0.25, 0.3) is 0 Å². The third kappa shape index (κ3) is 9.52. The second-order valence-electron chi connectivity index (χ2n) is 11.6. The van der Waals surface area contributed by atoms with Crippen molar-refractivity contribution in [2.45, 2.75) is 49.9 Å². The molecule has 4 aromatic carbocycles. The molecule has 8 heteroatoms. The number of ketones is 1. The molecule has 3 atom stereocenters. The van der Waals surface area contributed by atoms with Crippen LogP contribution in [0.2, 0.25) is 0 Å². The van der Waals surface area contributed by atoms with Crippen molar-refractivity contribution < 1.29 is 23.8 Å². The zero-order valence-corrected chi connectivity index (χ0v) is 26.6. The topological polar surface area (TPSA) is 90.2 Å². The lowest BCUT2D eigenvalue weighted by Crippen LogP contribution is -2.46. The Labute approximate surface area is 276 Å². The fourth-order valence-corrected chi connectivity index (χ4v) is 6.06. The number of carbonyl (C=O) groups is 2. The normalized spacial score (nSPS) is 16.5. The van der Waals surface area contributed by atoms with Crippen molar-refractivity contribution in [2.75, 3.05) is 26.8 Å². The van der Waals surface area contributed by atoms with Gasteiger partial charge in [-0.15, -0.1) is 0 Å². The van der Waals surface area contributed by atoms with Gasteiger partial charge in [0.1, 0.15) is 11.8 Å². The number of aryl methyl sites for hydroxylation is 1. The largest absolute Gasteiger partial charge is 0.494 e. The highest BCUT2D eigenvalue weighted by Gasteiger charge is 2.33. The van der Waals surface area contributed by atoms with Gasteiger partial charge in [-0.25, -0.2) is 9.64 Å². The summed E-state index contributed by atoms with van der Waals surface area (Å²) in [6.07, 6.45) is 1.89. The maximum absolute atomic E-state index is 14.2. The number of nitrogens with one attached hydrogen (secondary N) is 2. The van der Waals surface area contributed by atoms with E-state index >= 15 is 0 Å². The summed E-state index contributed by atoms with van der Waals surface area (Å²) in [4.78, 5) is 30.1. The predicted octanol–water partition coefficient (Wildman–Crippen LogP) is 6.66. The first kappa shape index (κ1) is 33.4. The van der Waals surface area contributed by atoms with E-state index in [1.807, 2.05) is 91.0 Å². The van der Waals surface area contributed by atoms with Gasteiger partial charge in [-0.2, -0.15) is 0 Å². The fourth-order valence-electron chi connectivity index (χ4n) is 6.06. The smallest absolute Gasteiger partial charge is 0.407 e. The highest BCUT2D eigenvalue weighted by molar-refractivity contribution is 5.91. The van der Waals surface area contributed by atoms with Gasteiger partial charge in [-0.1, -0.05) is 97.1 Å². The number of hydrogen-bond donors (Lipinski definition) is 2. The molecule has 0 aromatic heterocycles. The second-order valence-corrected chi connectivity index (χ2v) is 11.6. The van der Waals surface area contributed by atoms with Crippen LogP contribution in [0.4, 0.5) is 10.5 Å². The summed E-state index contributed by atoms with van der Waals surface area (Å²) in [6, 6.07) is 33.9. The summed E-state index contributed by atoms with van der Waals surface area (Å²) >= 11 is 0. The minimum Gasteiger partial charge on any atom is -0.494 e. The van der Waals surface area contributed by atoms with Crippen LogP contribution in [0.15, 0.2) is 109 Å². The molecule has 0 bridgehead atoms. The van der Waals surface area contributed by atoms with Crippen molar-refractivity contribution in [1.29, 1.82) is 0 Å². The van der Waals surface area contributed by atoms with Gasteiger partial charge >= 0.3 is 6.09 Å². The minimum atomic E-state index is -0.834. The number of methoxy groups -OCH3 is 1. The highest BCUT2D eigenvalue weighted by Crippen LogP contribution is 2.30. The lowest BCUT2D eigenvalue weighted by atomic mass is 9.81. The van der Waals surface area contributed by atoms with Gasteiger partial charge in [0.2, 0.25) is 0 Å². The molecule has 1 saturated heterocycles. The molecule has 2 N–H and O–H groups in total. The van der Waals surface area contributed by atoms with Crippen molar-refractivity contribution in [1.82, 2.24) is 10.6 Å². The van der Waals surface area contributed by atoms with E-state index in [0.29, 0.717) is 12.3 Å². The molecule has 8 nitrogen and oxygen atoms in total. The number of carbonyl (C=O) groups excluding carboxylic acids is 2. The molecule has 5 rings (SSSR count). The third-order valence-corrected chi connectivity index (χ3v) is 8.48. The van der Waals surface area contributed by atoms with Crippen LogP contribution in [-0.2, 0) is 27.1 Å². The zero-order valence-electron chi connectivity index (χ0n) is 26.6. The average molecular weight is 632 g/mol. The summed E-state index contributed by atoms with van der Waals surface area (Å²) in [6.45, 7) is 9.13. The van der Waals surface area contributed by atoms with Gasteiger partial charge < -0.3 is 24.8 Å². The molecular weight excluding hydrogens is 590 g/mol. The van der Waals surface area contributed by atoms with Crippen LogP contribution in [0, 0.1) is 6.57 Å². The molecule has 0 unspecified atom stereocenters. The number of nitrogens with zero attached hydrogens (tertiary/aromatic N) is 1. The van der Waals surface area contributed by atoms with Gasteiger partial charge in [0.05, 0.1) is 32.5 Å². The van der Waals surface area contributed by atoms with Gasteiger partial charge in [0.15, 0.2) is 11.5 Å². The van der Waals surface area contributed by atoms with Gasteiger partial charge in [-0.3, -0.25) is 4.79 Å². The SMILES string of the molecule is [C-]#[N+]c1ccc(OCC[C@@H]2CNC[C@@H](CCc3ccccc3CC(=O)[C@@H](NC(=O)OC)C(c3ccccc3)c3ccccc3)O2)cc1. The molecule has 0 saturated carbocycles. The lowest BCUT2D eigenvalue weighted by molar-refractivity contribution is -0.120. The molecule has 1 aliphatic heterocycles. The van der Waals surface area contributed by atoms with E-state index in [-0.39, 0.29) is 24.4 Å². The molecule has 0 spiro atoms. The molecule has 0 aliphatic carbocycles. The molecule has 0 radical (unpaired) electrons. The van der Waals surface area contributed by atoms with E-state index in [0.717, 1.165) is 60.4 Å². The number of morpholine rings is 1. The van der Waals surface area contributed by atoms with E-state index in [1.165, 1.54) is 7.11 Å². The number of Topliss-reactive ketones (excluding diaryl/α,β-unsaturated/α-hetero) is 1. The molecule has 1 aliphatic rings. The molecular formula is C39H41N3O5. The number of benzene rings is 4. The van der Waals surface area contributed by atoms with Crippen LogP contribution >= 0.6 is 0 Å². The first-order valence-corrected chi connectivity index (χ1v) is 16.0. The summed E-state index contributed by atoms with van der Waals surface area (Å²) in [5.41, 5.74) is 4.48. The van der Waals surface area contributed by atoms with Gasteiger partial charge in [0, 0.05) is 31.8 Å². The summed E-state index contributed by atoms with van der Waals surface area (Å²) < 4.78 is 17.2. The lowest BCUT2D eigenvalue weighted by Gasteiger charge is -2.31. The summed E-state index contributed by atoms with van der Waals surface area (Å²) in [5, 5.41) is 6.36. The first-order chi connectivity index (χ1) is 23.0. The Morgan fingerprint density at radius 3 is 2.06 bits per heavy atom. The highest BCUT2D eigenvalue weighted by atomic mass is 16.5. The Morgan fingerprint density at radius 2 is 1.45 bits per heavy atom. The monoisotopic (exact) mass is 631 g/mol. The van der Waals surface area contributed by atoms with E-state index in [2.05, 4.69) is 21.5 Å². The van der Waals surface area contributed by atoms with E-state index in [9.17, 15) is 9.59 Å². The van der Waals surface area contributed by atoms with Crippen LogP contribution in [-0.4, -0.2) is 56.9 Å². The quantitative estimate of drug-likeness (QED) is 0.151. The van der Waals surface area contributed by atoms with Crippen molar-refractivity contribution in [3.8, 4) is 5.75 Å². The van der Waals surface area contributed by atoms with Gasteiger partial charge in [-0.05, 0) is 47.2 Å². The van der Waals surface area contributed by atoms with E-state index in [4.69, 9.17) is 20.8 Å². The Balaban J connectivity index is 1.23. The minimum absolute atomic E-state index is 0.0322. The Hall–Kier alpha value is -4.97. The maximum Gasteiger partial charge on any atom is 0.407 e.